The van der Waals surface area contributed by atoms with Crippen LogP contribution in [0.4, 0.5) is 11.4 Å². The average Bonchev–Trinajstić information content (AvgIpc) is 2.37. The molecule has 0 amide bonds. The second-order valence-corrected chi connectivity index (χ2v) is 6.93. The summed E-state index contributed by atoms with van der Waals surface area (Å²) in [5.74, 6) is 0.296. The topological polar surface area (TPSA) is 110 Å². The Labute approximate surface area is 119 Å². The van der Waals surface area contributed by atoms with E-state index < -0.39 is 10.0 Å². The molecular weight excluding hydrogens is 278 g/mol. The molecule has 7 heteroatoms. The van der Waals surface area contributed by atoms with E-state index in [9.17, 15) is 13.5 Å². The number of sulfonamides is 1. The Balaban J connectivity index is 2.20. The van der Waals surface area contributed by atoms with E-state index in [0.29, 0.717) is 11.6 Å². The summed E-state index contributed by atoms with van der Waals surface area (Å²) in [5.41, 5.74) is 6.89. The van der Waals surface area contributed by atoms with Crippen LogP contribution in [0, 0.1) is 5.92 Å². The first-order chi connectivity index (χ1) is 9.27. The Bertz CT molecular complexity index is 579. The van der Waals surface area contributed by atoms with Gasteiger partial charge in [0, 0.05) is 24.5 Å². The number of primary sulfonamides is 1. The first kappa shape index (κ1) is 15.1. The molecule has 1 atom stereocenters. The van der Waals surface area contributed by atoms with Gasteiger partial charge in [0.05, 0.1) is 11.0 Å². The molecule has 0 spiro atoms. The molecule has 112 valence electrons. The highest BCUT2D eigenvalue weighted by molar-refractivity contribution is 7.89. The fraction of sp³-hybridized carbons (Fsp3) is 0.538. The molecule has 1 aromatic rings. The van der Waals surface area contributed by atoms with Gasteiger partial charge in [-0.2, -0.15) is 0 Å². The molecule has 1 heterocycles. The number of rotatable bonds is 3. The molecule has 1 aliphatic rings. The van der Waals surface area contributed by atoms with Crippen molar-refractivity contribution >= 4 is 21.4 Å². The van der Waals surface area contributed by atoms with Gasteiger partial charge in [-0.25, -0.2) is 13.6 Å². The lowest BCUT2D eigenvalue weighted by molar-refractivity contribution is 0.110. The molecule has 0 aliphatic carbocycles. The summed E-state index contributed by atoms with van der Waals surface area (Å²) in [6, 6.07) is 4.66. The van der Waals surface area contributed by atoms with Gasteiger partial charge in [-0.05, 0) is 43.9 Å². The molecule has 20 heavy (non-hydrogen) atoms. The zero-order valence-electron chi connectivity index (χ0n) is 11.5. The number of hydrogen-bond donors (Lipinski definition) is 3. The average molecular weight is 299 g/mol. The lowest BCUT2D eigenvalue weighted by Crippen LogP contribution is -2.37. The Kier molecular flexibility index (Phi) is 4.22. The van der Waals surface area contributed by atoms with Gasteiger partial charge in [-0.15, -0.1) is 0 Å². The van der Waals surface area contributed by atoms with E-state index in [0.717, 1.165) is 31.6 Å². The Morgan fingerprint density at radius 2 is 1.90 bits per heavy atom. The summed E-state index contributed by atoms with van der Waals surface area (Å²) in [4.78, 5) is 2.11. The molecule has 1 aromatic carbocycles. The summed E-state index contributed by atoms with van der Waals surface area (Å²) in [6.07, 6.45) is 1.44. The number of nitrogens with zero attached hydrogens (tertiary/aromatic N) is 1. The summed E-state index contributed by atoms with van der Waals surface area (Å²) in [7, 11) is -3.76. The number of nitrogens with two attached hydrogens (primary N) is 2. The smallest absolute Gasteiger partial charge is 0.238 e. The van der Waals surface area contributed by atoms with Crippen LogP contribution in [0.1, 0.15) is 19.8 Å². The van der Waals surface area contributed by atoms with Crippen LogP contribution in [0.2, 0.25) is 0 Å². The Hall–Kier alpha value is -1.31. The molecule has 0 aromatic heterocycles. The van der Waals surface area contributed by atoms with Crippen molar-refractivity contribution in [1.82, 2.24) is 0 Å². The van der Waals surface area contributed by atoms with E-state index in [1.54, 1.807) is 19.1 Å². The first-order valence-corrected chi connectivity index (χ1v) is 8.18. The van der Waals surface area contributed by atoms with E-state index in [2.05, 4.69) is 4.90 Å². The molecule has 1 aliphatic heterocycles. The zero-order valence-corrected chi connectivity index (χ0v) is 12.3. The third-order valence-corrected chi connectivity index (χ3v) is 4.72. The molecule has 6 nitrogen and oxygen atoms in total. The van der Waals surface area contributed by atoms with Gasteiger partial charge in [0.2, 0.25) is 10.0 Å². The maximum Gasteiger partial charge on any atom is 0.238 e. The SMILES string of the molecule is CC(O)C1CCN(c2cc(N)cc(S(N)(=O)=O)c2)CC1. The van der Waals surface area contributed by atoms with Crippen LogP contribution in [-0.4, -0.2) is 32.7 Å². The zero-order chi connectivity index (χ0) is 14.9. The molecule has 1 saturated heterocycles. The summed E-state index contributed by atoms with van der Waals surface area (Å²) >= 11 is 0. The van der Waals surface area contributed by atoms with Gasteiger partial charge in [0.15, 0.2) is 0 Å². The Morgan fingerprint density at radius 3 is 2.40 bits per heavy atom. The summed E-state index contributed by atoms with van der Waals surface area (Å²) in [6.45, 7) is 3.34. The third kappa shape index (κ3) is 3.41. The van der Waals surface area contributed by atoms with E-state index >= 15 is 0 Å². The molecule has 0 bridgehead atoms. The van der Waals surface area contributed by atoms with Gasteiger partial charge in [0.25, 0.3) is 0 Å². The highest BCUT2D eigenvalue weighted by atomic mass is 32.2. The van der Waals surface area contributed by atoms with Gasteiger partial charge in [-0.1, -0.05) is 0 Å². The predicted octanol–water partition coefficient (Wildman–Crippen LogP) is 0.513. The third-order valence-electron chi connectivity index (χ3n) is 3.83. The van der Waals surface area contributed by atoms with Crippen molar-refractivity contribution in [3.8, 4) is 0 Å². The minimum atomic E-state index is -3.76. The quantitative estimate of drug-likeness (QED) is 0.705. The van der Waals surface area contributed by atoms with Crippen LogP contribution >= 0.6 is 0 Å². The predicted molar refractivity (Wildman–Crippen MR) is 78.8 cm³/mol. The number of nitrogen functional groups attached to an aromatic ring is 1. The maximum absolute atomic E-state index is 11.4. The molecule has 1 fully saturated rings. The van der Waals surface area contributed by atoms with Gasteiger partial charge in [0.1, 0.15) is 0 Å². The van der Waals surface area contributed by atoms with Crippen LogP contribution in [-0.2, 0) is 10.0 Å². The number of aliphatic hydroxyl groups is 1. The minimum absolute atomic E-state index is 0.0325. The van der Waals surface area contributed by atoms with Crippen molar-refractivity contribution < 1.29 is 13.5 Å². The van der Waals surface area contributed by atoms with Gasteiger partial charge in [-0.3, -0.25) is 0 Å². The molecule has 2 rings (SSSR count). The number of hydrogen-bond acceptors (Lipinski definition) is 5. The van der Waals surface area contributed by atoms with Crippen molar-refractivity contribution in [2.75, 3.05) is 23.7 Å². The summed E-state index contributed by atoms with van der Waals surface area (Å²) < 4.78 is 22.9. The number of aliphatic hydroxyl groups excluding tert-OH is 1. The van der Waals surface area contributed by atoms with Crippen molar-refractivity contribution in [1.29, 1.82) is 0 Å². The lowest BCUT2D eigenvalue weighted by atomic mass is 9.92. The minimum Gasteiger partial charge on any atom is -0.399 e. The fourth-order valence-electron chi connectivity index (χ4n) is 2.59. The summed E-state index contributed by atoms with van der Waals surface area (Å²) in [5, 5.41) is 14.7. The largest absolute Gasteiger partial charge is 0.399 e. The van der Waals surface area contributed by atoms with E-state index in [4.69, 9.17) is 10.9 Å². The van der Waals surface area contributed by atoms with Crippen LogP contribution in [0.5, 0.6) is 0 Å². The lowest BCUT2D eigenvalue weighted by Gasteiger charge is -2.35. The van der Waals surface area contributed by atoms with Crippen LogP contribution in [0.25, 0.3) is 0 Å². The van der Waals surface area contributed by atoms with E-state index in [1.165, 1.54) is 6.07 Å². The normalized spacial score (nSPS) is 19.1. The van der Waals surface area contributed by atoms with Crippen molar-refractivity contribution in [2.45, 2.75) is 30.8 Å². The fourth-order valence-corrected chi connectivity index (χ4v) is 3.18. The molecule has 1 unspecified atom stereocenters. The van der Waals surface area contributed by atoms with E-state index in [1.807, 2.05) is 0 Å². The Morgan fingerprint density at radius 1 is 1.30 bits per heavy atom. The number of piperidine rings is 1. The molecule has 0 radical (unpaired) electrons. The number of benzene rings is 1. The van der Waals surface area contributed by atoms with Crippen LogP contribution in [0.3, 0.4) is 0 Å². The maximum atomic E-state index is 11.4. The van der Waals surface area contributed by atoms with Crippen molar-refractivity contribution in [3.63, 3.8) is 0 Å². The van der Waals surface area contributed by atoms with E-state index in [-0.39, 0.29) is 11.0 Å². The standard InChI is InChI=1S/C13H21N3O3S/c1-9(17)10-2-4-16(5-3-10)12-6-11(14)7-13(8-12)20(15,18)19/h6-10,17H,2-5,14H2,1H3,(H2,15,18,19). The van der Waals surface area contributed by atoms with Crippen LogP contribution < -0.4 is 15.8 Å². The van der Waals surface area contributed by atoms with Crippen molar-refractivity contribution in [2.24, 2.45) is 11.1 Å². The molecule has 5 N–H and O–H groups in total. The highest BCUT2D eigenvalue weighted by Crippen LogP contribution is 2.28. The second-order valence-electron chi connectivity index (χ2n) is 5.37. The highest BCUT2D eigenvalue weighted by Gasteiger charge is 2.23. The van der Waals surface area contributed by atoms with Crippen LogP contribution in [0.15, 0.2) is 23.1 Å². The van der Waals surface area contributed by atoms with Crippen molar-refractivity contribution in [3.05, 3.63) is 18.2 Å². The first-order valence-electron chi connectivity index (χ1n) is 6.64. The van der Waals surface area contributed by atoms with Gasteiger partial charge < -0.3 is 15.7 Å². The number of anilines is 2. The monoisotopic (exact) mass is 299 g/mol. The molecular formula is C13H21N3O3S. The second kappa shape index (κ2) is 5.59. The molecule has 0 saturated carbocycles. The van der Waals surface area contributed by atoms with Gasteiger partial charge >= 0.3 is 0 Å².